The van der Waals surface area contributed by atoms with Crippen molar-refractivity contribution >= 4 is 6.09 Å². The molecular formula is C9H13FN2O2. The van der Waals surface area contributed by atoms with Crippen molar-refractivity contribution in [2.75, 3.05) is 13.1 Å². The largest absolute Gasteiger partial charge is 0.447 e. The molecule has 5 heteroatoms. The Morgan fingerprint density at radius 3 is 2.79 bits per heavy atom. The first-order valence-electron chi connectivity index (χ1n) is 4.52. The Morgan fingerprint density at radius 2 is 2.36 bits per heavy atom. The van der Waals surface area contributed by atoms with Gasteiger partial charge >= 0.3 is 6.09 Å². The maximum atomic E-state index is 13.4. The monoisotopic (exact) mass is 200 g/mol. The Hall–Kier alpha value is -1.31. The molecule has 0 spiro atoms. The van der Waals surface area contributed by atoms with Gasteiger partial charge in [-0.1, -0.05) is 0 Å². The van der Waals surface area contributed by atoms with Crippen LogP contribution in [0, 0.1) is 11.3 Å². The van der Waals surface area contributed by atoms with Crippen molar-refractivity contribution in [2.24, 2.45) is 0 Å². The molecule has 78 valence electrons. The molecule has 0 saturated carbocycles. The maximum Gasteiger partial charge on any atom is 0.410 e. The van der Waals surface area contributed by atoms with E-state index in [1.54, 1.807) is 19.9 Å². The molecule has 1 rings (SSSR count). The van der Waals surface area contributed by atoms with Gasteiger partial charge < -0.3 is 9.64 Å². The first-order valence-corrected chi connectivity index (χ1v) is 4.52. The normalized spacial score (nSPS) is 26.4. The number of halogens is 1. The van der Waals surface area contributed by atoms with Crippen molar-refractivity contribution in [1.82, 2.24) is 4.90 Å². The van der Waals surface area contributed by atoms with Crippen molar-refractivity contribution in [2.45, 2.75) is 32.0 Å². The van der Waals surface area contributed by atoms with Crippen LogP contribution in [0.25, 0.3) is 0 Å². The van der Waals surface area contributed by atoms with Gasteiger partial charge in [0, 0.05) is 13.0 Å². The zero-order valence-corrected chi connectivity index (χ0v) is 8.29. The molecule has 4 nitrogen and oxygen atoms in total. The van der Waals surface area contributed by atoms with Gasteiger partial charge in [-0.05, 0) is 13.8 Å². The second-order valence-electron chi connectivity index (χ2n) is 3.68. The summed E-state index contributed by atoms with van der Waals surface area (Å²) in [6.45, 7) is 3.51. The number of hydrogen-bond acceptors (Lipinski definition) is 3. The van der Waals surface area contributed by atoms with Crippen molar-refractivity contribution in [3.63, 3.8) is 0 Å². The predicted molar refractivity (Wildman–Crippen MR) is 47.3 cm³/mol. The van der Waals surface area contributed by atoms with Crippen LogP contribution in [-0.2, 0) is 4.74 Å². The molecule has 1 saturated heterocycles. The number of hydrogen-bond donors (Lipinski definition) is 0. The highest BCUT2D eigenvalue weighted by molar-refractivity contribution is 5.68. The number of ether oxygens (including phenoxy) is 1. The van der Waals surface area contributed by atoms with Gasteiger partial charge in [-0.3, -0.25) is 0 Å². The minimum Gasteiger partial charge on any atom is -0.447 e. The molecule has 1 unspecified atom stereocenters. The van der Waals surface area contributed by atoms with Crippen molar-refractivity contribution in [3.8, 4) is 6.07 Å². The van der Waals surface area contributed by atoms with Crippen LogP contribution in [0.15, 0.2) is 0 Å². The summed E-state index contributed by atoms with van der Waals surface area (Å²) in [4.78, 5) is 12.5. The molecule has 1 aliphatic rings. The van der Waals surface area contributed by atoms with E-state index < -0.39 is 11.8 Å². The lowest BCUT2D eigenvalue weighted by atomic mass is 10.1. The van der Waals surface area contributed by atoms with Gasteiger partial charge in [0.1, 0.15) is 6.07 Å². The highest BCUT2D eigenvalue weighted by atomic mass is 19.1. The van der Waals surface area contributed by atoms with Crippen LogP contribution in [0.4, 0.5) is 9.18 Å². The van der Waals surface area contributed by atoms with Gasteiger partial charge in [0.25, 0.3) is 0 Å². The van der Waals surface area contributed by atoms with Gasteiger partial charge in [0.15, 0.2) is 0 Å². The molecule has 1 aliphatic heterocycles. The Bertz CT molecular complexity index is 274. The van der Waals surface area contributed by atoms with Gasteiger partial charge in [-0.15, -0.1) is 0 Å². The Labute approximate surface area is 82.2 Å². The number of likely N-dealkylation sites (tertiary alicyclic amines) is 1. The van der Waals surface area contributed by atoms with Crippen LogP contribution >= 0.6 is 0 Å². The third kappa shape index (κ3) is 2.34. The smallest absolute Gasteiger partial charge is 0.410 e. The summed E-state index contributed by atoms with van der Waals surface area (Å²) in [6, 6.07) is 1.56. The summed E-state index contributed by atoms with van der Waals surface area (Å²) in [6.07, 6.45) is -0.703. The summed E-state index contributed by atoms with van der Waals surface area (Å²) < 4.78 is 18.3. The fourth-order valence-electron chi connectivity index (χ4n) is 1.30. The summed E-state index contributed by atoms with van der Waals surface area (Å²) in [7, 11) is 0. The average molecular weight is 200 g/mol. The van der Waals surface area contributed by atoms with E-state index in [0.717, 1.165) is 0 Å². The number of amides is 1. The van der Waals surface area contributed by atoms with Gasteiger partial charge in [0.05, 0.1) is 12.6 Å². The topological polar surface area (TPSA) is 53.3 Å². The average Bonchev–Trinajstić information content (AvgIpc) is 2.48. The molecule has 14 heavy (non-hydrogen) atoms. The van der Waals surface area contributed by atoms with Crippen LogP contribution in [0.1, 0.15) is 20.3 Å². The molecule has 0 N–H and O–H groups in total. The minimum atomic E-state index is -1.89. The molecule has 0 radical (unpaired) electrons. The molecule has 0 aromatic carbocycles. The van der Waals surface area contributed by atoms with Crippen LogP contribution < -0.4 is 0 Å². The predicted octanol–water partition coefficient (Wildman–Crippen LogP) is 1.47. The Balaban J connectivity index is 2.51. The molecular weight excluding hydrogens is 187 g/mol. The van der Waals surface area contributed by atoms with Gasteiger partial charge in [0.2, 0.25) is 5.67 Å². The van der Waals surface area contributed by atoms with Crippen LogP contribution in [0.2, 0.25) is 0 Å². The SMILES string of the molecule is CC(C)OC(=O)N1CCC(F)(C#N)C1. The quantitative estimate of drug-likeness (QED) is 0.644. The molecule has 0 aliphatic carbocycles. The zero-order chi connectivity index (χ0) is 10.8. The summed E-state index contributed by atoms with van der Waals surface area (Å²) >= 11 is 0. The molecule has 0 aromatic heterocycles. The highest BCUT2D eigenvalue weighted by Gasteiger charge is 2.41. The molecule has 0 bridgehead atoms. The minimum absolute atomic E-state index is 0.0662. The molecule has 1 fully saturated rings. The third-order valence-corrected chi connectivity index (χ3v) is 2.01. The summed E-state index contributed by atoms with van der Waals surface area (Å²) in [5.74, 6) is 0. The fraction of sp³-hybridized carbons (Fsp3) is 0.778. The second kappa shape index (κ2) is 3.82. The van der Waals surface area contributed by atoms with Crippen molar-refractivity contribution < 1.29 is 13.9 Å². The van der Waals surface area contributed by atoms with E-state index in [1.165, 1.54) is 4.90 Å². The van der Waals surface area contributed by atoms with E-state index >= 15 is 0 Å². The standard InChI is InChI=1S/C9H13FN2O2/c1-7(2)14-8(13)12-4-3-9(10,5-11)6-12/h7H,3-4,6H2,1-2H3. The zero-order valence-electron chi connectivity index (χ0n) is 8.29. The van der Waals surface area contributed by atoms with Gasteiger partial charge in [-0.2, -0.15) is 5.26 Å². The first-order chi connectivity index (χ1) is 6.47. The Morgan fingerprint density at radius 1 is 1.71 bits per heavy atom. The van der Waals surface area contributed by atoms with E-state index in [0.29, 0.717) is 0 Å². The third-order valence-electron chi connectivity index (χ3n) is 2.01. The van der Waals surface area contributed by atoms with Crippen LogP contribution in [0.5, 0.6) is 0 Å². The lowest BCUT2D eigenvalue weighted by molar-refractivity contribution is 0.0797. The number of nitriles is 1. The van der Waals surface area contributed by atoms with E-state index in [2.05, 4.69) is 0 Å². The number of alkyl halides is 1. The highest BCUT2D eigenvalue weighted by Crippen LogP contribution is 2.25. The lowest BCUT2D eigenvalue weighted by Crippen LogP contribution is -2.34. The number of rotatable bonds is 1. The van der Waals surface area contributed by atoms with Crippen molar-refractivity contribution in [3.05, 3.63) is 0 Å². The fourth-order valence-corrected chi connectivity index (χ4v) is 1.30. The molecule has 1 heterocycles. The lowest BCUT2D eigenvalue weighted by Gasteiger charge is -2.17. The van der Waals surface area contributed by atoms with Crippen LogP contribution in [-0.4, -0.2) is 35.9 Å². The van der Waals surface area contributed by atoms with E-state index in [1.807, 2.05) is 0 Å². The van der Waals surface area contributed by atoms with E-state index in [9.17, 15) is 9.18 Å². The number of carbonyl (C=O) groups is 1. The number of nitrogens with zero attached hydrogens (tertiary/aromatic N) is 2. The van der Waals surface area contributed by atoms with Gasteiger partial charge in [-0.25, -0.2) is 9.18 Å². The maximum absolute atomic E-state index is 13.4. The first kappa shape index (κ1) is 10.8. The van der Waals surface area contributed by atoms with Crippen LogP contribution in [0.3, 0.4) is 0 Å². The molecule has 1 atom stereocenters. The number of carbonyl (C=O) groups excluding carboxylic acids is 1. The summed E-state index contributed by atoms with van der Waals surface area (Å²) in [5.41, 5.74) is -1.89. The molecule has 0 aromatic rings. The Kier molecular flexibility index (Phi) is 2.94. The molecule has 1 amide bonds. The second-order valence-corrected chi connectivity index (χ2v) is 3.68. The van der Waals surface area contributed by atoms with E-state index in [4.69, 9.17) is 10.00 Å². The summed E-state index contributed by atoms with van der Waals surface area (Å²) in [5, 5.41) is 8.50. The van der Waals surface area contributed by atoms with E-state index in [-0.39, 0.29) is 25.6 Å². The van der Waals surface area contributed by atoms with Crippen molar-refractivity contribution in [1.29, 1.82) is 5.26 Å².